The predicted molar refractivity (Wildman–Crippen MR) is 64.7 cm³/mol. The molecule has 0 aromatic carbocycles. The van der Waals surface area contributed by atoms with E-state index in [4.69, 9.17) is 0 Å². The monoisotopic (exact) mass is 208 g/mol. The van der Waals surface area contributed by atoms with Crippen LogP contribution in [-0.2, 0) is 4.79 Å². The highest BCUT2D eigenvalue weighted by Crippen LogP contribution is 2.48. The second-order valence-corrected chi connectivity index (χ2v) is 5.77. The average Bonchev–Trinajstić information content (AvgIpc) is 2.11. The van der Waals surface area contributed by atoms with Crippen LogP contribution in [0.1, 0.15) is 47.5 Å². The summed E-state index contributed by atoms with van der Waals surface area (Å²) in [5.74, 6) is 2.16. The lowest BCUT2D eigenvalue weighted by molar-refractivity contribution is -0.112. The molecule has 1 nitrogen and oxygen atoms in total. The number of rotatable bonds is 2. The van der Waals surface area contributed by atoms with E-state index in [9.17, 15) is 4.79 Å². The van der Waals surface area contributed by atoms with E-state index in [2.05, 4.69) is 33.8 Å². The summed E-state index contributed by atoms with van der Waals surface area (Å²) >= 11 is 0. The van der Waals surface area contributed by atoms with Crippen molar-refractivity contribution in [2.75, 3.05) is 0 Å². The molecular weight excluding hydrogens is 184 g/mol. The summed E-state index contributed by atoms with van der Waals surface area (Å²) < 4.78 is 0. The Kier molecular flexibility index (Phi) is 3.75. The third-order valence-corrected chi connectivity index (χ3v) is 4.34. The van der Waals surface area contributed by atoms with Gasteiger partial charge in [0.1, 0.15) is 0 Å². The van der Waals surface area contributed by atoms with Crippen molar-refractivity contribution in [3.63, 3.8) is 0 Å². The van der Waals surface area contributed by atoms with E-state index in [0.29, 0.717) is 17.3 Å². The maximum absolute atomic E-state index is 11.0. The Labute approximate surface area is 93.9 Å². The zero-order valence-corrected chi connectivity index (χ0v) is 10.7. The van der Waals surface area contributed by atoms with Gasteiger partial charge in [-0.1, -0.05) is 33.8 Å². The summed E-state index contributed by atoms with van der Waals surface area (Å²) in [5.41, 5.74) is 0.323. The fourth-order valence-electron chi connectivity index (χ4n) is 2.80. The van der Waals surface area contributed by atoms with Gasteiger partial charge in [-0.2, -0.15) is 0 Å². The summed E-state index contributed by atoms with van der Waals surface area (Å²) in [6.07, 6.45) is 6.50. The first-order valence-electron chi connectivity index (χ1n) is 6.04. The van der Waals surface area contributed by atoms with Gasteiger partial charge in [0.05, 0.1) is 0 Å². The number of hydrogen-bond acceptors (Lipinski definition) is 1. The SMILES string of the molecule is CC(=O)/C=C/C1C(C)CCC(C)C1(C)C. The molecular formula is C14H24O. The quantitative estimate of drug-likeness (QED) is 0.630. The Balaban J connectivity index is 2.85. The van der Waals surface area contributed by atoms with Crippen molar-refractivity contribution in [3.8, 4) is 0 Å². The van der Waals surface area contributed by atoms with Crippen LogP contribution in [0.5, 0.6) is 0 Å². The smallest absolute Gasteiger partial charge is 0.152 e. The number of hydrogen-bond donors (Lipinski definition) is 0. The Morgan fingerprint density at radius 1 is 1.27 bits per heavy atom. The van der Waals surface area contributed by atoms with Crippen molar-refractivity contribution < 1.29 is 4.79 Å². The summed E-state index contributed by atoms with van der Waals surface area (Å²) in [4.78, 5) is 11.0. The molecule has 1 fully saturated rings. The molecule has 86 valence electrons. The minimum Gasteiger partial charge on any atom is -0.295 e. The van der Waals surface area contributed by atoms with Crippen molar-refractivity contribution in [3.05, 3.63) is 12.2 Å². The number of carbonyl (C=O) groups is 1. The van der Waals surface area contributed by atoms with Gasteiger partial charge in [0.2, 0.25) is 0 Å². The van der Waals surface area contributed by atoms with Gasteiger partial charge in [0.25, 0.3) is 0 Å². The predicted octanol–water partition coefficient (Wildman–Crippen LogP) is 3.84. The number of ketones is 1. The molecule has 1 saturated carbocycles. The molecule has 0 aliphatic heterocycles. The molecule has 0 amide bonds. The first kappa shape index (κ1) is 12.5. The average molecular weight is 208 g/mol. The second kappa shape index (κ2) is 4.51. The lowest BCUT2D eigenvalue weighted by atomic mass is 9.59. The van der Waals surface area contributed by atoms with Gasteiger partial charge in [0.15, 0.2) is 5.78 Å². The van der Waals surface area contributed by atoms with E-state index in [1.807, 2.05) is 0 Å². The molecule has 1 aliphatic rings. The summed E-state index contributed by atoms with van der Waals surface area (Å²) in [7, 11) is 0. The third kappa shape index (κ3) is 2.70. The van der Waals surface area contributed by atoms with Gasteiger partial charge in [0, 0.05) is 0 Å². The molecule has 0 N–H and O–H groups in total. The zero-order chi connectivity index (χ0) is 11.6. The minimum absolute atomic E-state index is 0.163. The minimum atomic E-state index is 0.163. The molecule has 0 aromatic rings. The maximum Gasteiger partial charge on any atom is 0.152 e. The molecule has 0 radical (unpaired) electrons. The maximum atomic E-state index is 11.0. The highest BCUT2D eigenvalue weighted by atomic mass is 16.1. The fraction of sp³-hybridized carbons (Fsp3) is 0.786. The normalized spacial score (nSPS) is 35.7. The van der Waals surface area contributed by atoms with Crippen LogP contribution in [0.4, 0.5) is 0 Å². The van der Waals surface area contributed by atoms with Crippen LogP contribution in [0, 0.1) is 23.2 Å². The highest BCUT2D eigenvalue weighted by Gasteiger charge is 2.39. The Hall–Kier alpha value is -0.590. The second-order valence-electron chi connectivity index (χ2n) is 5.77. The number of allylic oxidation sites excluding steroid dienone is 2. The standard InChI is InChI=1S/C14H24O/c1-10-6-7-11(2)14(4,5)13(10)9-8-12(3)15/h8-11,13H,6-7H2,1-5H3/b9-8+. The van der Waals surface area contributed by atoms with E-state index in [0.717, 1.165) is 5.92 Å². The molecule has 3 atom stereocenters. The van der Waals surface area contributed by atoms with Crippen LogP contribution < -0.4 is 0 Å². The van der Waals surface area contributed by atoms with E-state index in [1.165, 1.54) is 12.8 Å². The van der Waals surface area contributed by atoms with Gasteiger partial charge in [-0.15, -0.1) is 0 Å². The molecule has 3 unspecified atom stereocenters. The molecule has 1 aliphatic carbocycles. The molecule has 0 heterocycles. The molecule has 1 rings (SSSR count). The van der Waals surface area contributed by atoms with E-state index in [-0.39, 0.29) is 5.78 Å². The van der Waals surface area contributed by atoms with E-state index >= 15 is 0 Å². The number of carbonyl (C=O) groups excluding carboxylic acids is 1. The van der Waals surface area contributed by atoms with E-state index < -0.39 is 0 Å². The van der Waals surface area contributed by atoms with Gasteiger partial charge in [-0.25, -0.2) is 0 Å². The van der Waals surface area contributed by atoms with Crippen molar-refractivity contribution in [1.82, 2.24) is 0 Å². The largest absolute Gasteiger partial charge is 0.295 e. The van der Waals surface area contributed by atoms with Crippen molar-refractivity contribution in [2.24, 2.45) is 23.2 Å². The van der Waals surface area contributed by atoms with Crippen LogP contribution >= 0.6 is 0 Å². The Morgan fingerprint density at radius 3 is 2.40 bits per heavy atom. The summed E-state index contributed by atoms with van der Waals surface area (Å²) in [6, 6.07) is 0. The van der Waals surface area contributed by atoms with Gasteiger partial charge >= 0.3 is 0 Å². The lowest BCUT2D eigenvalue weighted by Crippen LogP contribution is -2.38. The summed E-state index contributed by atoms with van der Waals surface area (Å²) in [5, 5.41) is 0. The van der Waals surface area contributed by atoms with Crippen LogP contribution in [-0.4, -0.2) is 5.78 Å². The molecule has 0 bridgehead atoms. The first-order chi connectivity index (χ1) is 6.85. The molecule has 0 aromatic heterocycles. The van der Waals surface area contributed by atoms with E-state index in [1.54, 1.807) is 13.0 Å². The van der Waals surface area contributed by atoms with Crippen molar-refractivity contribution in [2.45, 2.75) is 47.5 Å². The molecule has 0 saturated heterocycles. The van der Waals surface area contributed by atoms with Crippen molar-refractivity contribution in [1.29, 1.82) is 0 Å². The van der Waals surface area contributed by atoms with Crippen LogP contribution in [0.3, 0.4) is 0 Å². The Morgan fingerprint density at radius 2 is 1.87 bits per heavy atom. The first-order valence-corrected chi connectivity index (χ1v) is 6.04. The Bertz CT molecular complexity index is 263. The van der Waals surface area contributed by atoms with Crippen molar-refractivity contribution >= 4 is 5.78 Å². The summed E-state index contributed by atoms with van der Waals surface area (Å²) in [6.45, 7) is 10.9. The van der Waals surface area contributed by atoms with Gasteiger partial charge in [-0.05, 0) is 49.0 Å². The topological polar surface area (TPSA) is 17.1 Å². The molecule has 1 heteroatoms. The molecule has 0 spiro atoms. The fourth-order valence-corrected chi connectivity index (χ4v) is 2.80. The van der Waals surface area contributed by atoms with Gasteiger partial charge < -0.3 is 0 Å². The zero-order valence-electron chi connectivity index (χ0n) is 10.7. The lowest BCUT2D eigenvalue weighted by Gasteiger charge is -2.46. The van der Waals surface area contributed by atoms with Crippen LogP contribution in [0.2, 0.25) is 0 Å². The molecule has 15 heavy (non-hydrogen) atoms. The van der Waals surface area contributed by atoms with Crippen LogP contribution in [0.25, 0.3) is 0 Å². The third-order valence-electron chi connectivity index (χ3n) is 4.34. The highest BCUT2D eigenvalue weighted by molar-refractivity contribution is 5.87. The van der Waals surface area contributed by atoms with Crippen LogP contribution in [0.15, 0.2) is 12.2 Å². The van der Waals surface area contributed by atoms with Gasteiger partial charge in [-0.3, -0.25) is 4.79 Å².